The van der Waals surface area contributed by atoms with E-state index in [0.717, 1.165) is 0 Å². The van der Waals surface area contributed by atoms with Crippen LogP contribution in [0.15, 0.2) is 18.5 Å². The average molecular weight is 422 g/mol. The van der Waals surface area contributed by atoms with Gasteiger partial charge in [-0.25, -0.2) is 4.79 Å². The standard InChI is InChI=1S/C20H30N4O6/c1-12(4-5-16(21)26)18(24-9-6-13(10-24)20(28)29)19(27)22-17-14(25)11-30-15(17)7-8-23(2)3/h6,9-10,12,15,17-18H,4-5,7-8,11H2,1-3H3,(H2,21,26)(H,22,27)(H,28,29). The molecule has 1 saturated heterocycles. The van der Waals surface area contributed by atoms with E-state index in [1.807, 2.05) is 19.0 Å². The Kier molecular flexibility index (Phi) is 8.13. The molecule has 4 unspecified atom stereocenters. The molecule has 10 heteroatoms. The number of carbonyl (C=O) groups is 4. The van der Waals surface area contributed by atoms with E-state index in [9.17, 15) is 24.3 Å². The smallest absolute Gasteiger partial charge is 0.337 e. The second-order valence-corrected chi connectivity index (χ2v) is 7.97. The number of Topliss-reactive ketones (excluding diaryl/α,β-unsaturated/α-hetero) is 1. The molecule has 4 atom stereocenters. The average Bonchev–Trinajstić information content (AvgIpc) is 3.27. The molecule has 0 aliphatic carbocycles. The van der Waals surface area contributed by atoms with Gasteiger partial charge in [0.1, 0.15) is 18.7 Å². The molecule has 0 aromatic carbocycles. The Morgan fingerprint density at radius 3 is 2.67 bits per heavy atom. The predicted molar refractivity (Wildman–Crippen MR) is 108 cm³/mol. The summed E-state index contributed by atoms with van der Waals surface area (Å²) < 4.78 is 7.05. The van der Waals surface area contributed by atoms with Crippen LogP contribution in [-0.4, -0.2) is 77.5 Å². The van der Waals surface area contributed by atoms with Crippen molar-refractivity contribution in [1.29, 1.82) is 0 Å². The Labute approximate surface area is 175 Å². The molecule has 2 amide bonds. The summed E-state index contributed by atoms with van der Waals surface area (Å²) in [6.07, 6.45) is 3.46. The minimum absolute atomic E-state index is 0.0408. The number of hydrogen-bond acceptors (Lipinski definition) is 6. The number of carbonyl (C=O) groups excluding carboxylic acids is 3. The molecule has 166 valence electrons. The Hall–Kier alpha value is -2.72. The van der Waals surface area contributed by atoms with Gasteiger partial charge in [-0.05, 0) is 38.9 Å². The maximum atomic E-state index is 13.2. The van der Waals surface area contributed by atoms with Crippen LogP contribution in [0.5, 0.6) is 0 Å². The van der Waals surface area contributed by atoms with Crippen molar-refractivity contribution in [2.75, 3.05) is 27.2 Å². The molecule has 0 saturated carbocycles. The van der Waals surface area contributed by atoms with E-state index in [4.69, 9.17) is 10.5 Å². The maximum absolute atomic E-state index is 13.2. The Balaban J connectivity index is 2.21. The van der Waals surface area contributed by atoms with Gasteiger partial charge >= 0.3 is 5.97 Å². The van der Waals surface area contributed by atoms with Crippen molar-refractivity contribution in [3.8, 4) is 0 Å². The van der Waals surface area contributed by atoms with Crippen LogP contribution in [0.4, 0.5) is 0 Å². The Morgan fingerprint density at radius 1 is 1.40 bits per heavy atom. The number of aromatic nitrogens is 1. The number of amides is 2. The quantitative estimate of drug-likeness (QED) is 0.456. The monoisotopic (exact) mass is 422 g/mol. The third-order valence-corrected chi connectivity index (χ3v) is 5.25. The first-order valence-corrected chi connectivity index (χ1v) is 9.88. The van der Waals surface area contributed by atoms with Gasteiger partial charge in [-0.15, -0.1) is 0 Å². The SMILES string of the molecule is CC(CCC(N)=O)C(C(=O)NC1C(=O)COC1CCN(C)C)n1ccc(C(=O)O)c1. The second kappa shape index (κ2) is 10.4. The zero-order valence-electron chi connectivity index (χ0n) is 17.5. The van der Waals surface area contributed by atoms with Crippen LogP contribution in [0, 0.1) is 5.92 Å². The van der Waals surface area contributed by atoms with E-state index in [0.29, 0.717) is 19.4 Å². The number of carboxylic acids is 1. The number of nitrogens with two attached hydrogens (primary N) is 1. The molecule has 1 aromatic heterocycles. The summed E-state index contributed by atoms with van der Waals surface area (Å²) >= 11 is 0. The molecular weight excluding hydrogens is 392 g/mol. The Bertz CT molecular complexity index is 790. The number of rotatable bonds is 11. The number of hydrogen-bond donors (Lipinski definition) is 3. The molecule has 10 nitrogen and oxygen atoms in total. The predicted octanol–water partition coefficient (Wildman–Crippen LogP) is 0.0334. The fraction of sp³-hybridized carbons (Fsp3) is 0.600. The van der Waals surface area contributed by atoms with Crippen molar-refractivity contribution >= 4 is 23.6 Å². The molecule has 30 heavy (non-hydrogen) atoms. The third kappa shape index (κ3) is 6.14. The highest BCUT2D eigenvalue weighted by Crippen LogP contribution is 2.25. The molecule has 1 aromatic rings. The van der Waals surface area contributed by atoms with Crippen LogP contribution >= 0.6 is 0 Å². The normalized spacial score (nSPS) is 20.9. The summed E-state index contributed by atoms with van der Waals surface area (Å²) in [6.45, 7) is 2.42. The van der Waals surface area contributed by atoms with Crippen LogP contribution in [0.2, 0.25) is 0 Å². The number of ether oxygens (including phenoxy) is 1. The fourth-order valence-corrected chi connectivity index (χ4v) is 3.56. The topological polar surface area (TPSA) is 144 Å². The summed E-state index contributed by atoms with van der Waals surface area (Å²) in [6, 6.07) is -0.175. The van der Waals surface area contributed by atoms with Crippen molar-refractivity contribution in [1.82, 2.24) is 14.8 Å². The minimum atomic E-state index is -1.11. The molecule has 2 heterocycles. The lowest BCUT2D eigenvalue weighted by molar-refractivity contribution is -0.130. The van der Waals surface area contributed by atoms with Crippen LogP contribution in [0.3, 0.4) is 0 Å². The highest BCUT2D eigenvalue weighted by atomic mass is 16.5. The number of ketones is 1. The third-order valence-electron chi connectivity index (χ3n) is 5.25. The number of nitrogens with one attached hydrogen (secondary N) is 1. The lowest BCUT2D eigenvalue weighted by Gasteiger charge is -2.27. The van der Waals surface area contributed by atoms with E-state index in [-0.39, 0.29) is 30.3 Å². The van der Waals surface area contributed by atoms with Gasteiger partial charge in [-0.3, -0.25) is 14.4 Å². The van der Waals surface area contributed by atoms with Gasteiger partial charge in [0, 0.05) is 25.4 Å². The highest BCUT2D eigenvalue weighted by Gasteiger charge is 2.39. The first-order valence-electron chi connectivity index (χ1n) is 9.88. The van der Waals surface area contributed by atoms with Crippen molar-refractivity contribution in [2.45, 2.75) is 44.4 Å². The molecule has 1 aliphatic heterocycles. The van der Waals surface area contributed by atoms with Crippen molar-refractivity contribution in [3.63, 3.8) is 0 Å². The first-order chi connectivity index (χ1) is 14.1. The van der Waals surface area contributed by atoms with Crippen LogP contribution in [0.1, 0.15) is 42.6 Å². The molecule has 2 rings (SSSR count). The van der Waals surface area contributed by atoms with E-state index in [1.165, 1.54) is 23.0 Å². The zero-order valence-corrected chi connectivity index (χ0v) is 17.5. The van der Waals surface area contributed by atoms with Gasteiger partial charge in [-0.2, -0.15) is 0 Å². The van der Waals surface area contributed by atoms with Gasteiger partial charge < -0.3 is 30.4 Å². The van der Waals surface area contributed by atoms with Crippen LogP contribution in [0.25, 0.3) is 0 Å². The lowest BCUT2D eigenvalue weighted by Crippen LogP contribution is -2.49. The van der Waals surface area contributed by atoms with Gasteiger partial charge in [0.05, 0.1) is 11.7 Å². The number of carboxylic acid groups (broad SMARTS) is 1. The largest absolute Gasteiger partial charge is 0.478 e. The molecule has 0 radical (unpaired) electrons. The van der Waals surface area contributed by atoms with Gasteiger partial charge in [0.15, 0.2) is 5.78 Å². The summed E-state index contributed by atoms with van der Waals surface area (Å²) in [5.41, 5.74) is 5.28. The molecule has 0 spiro atoms. The van der Waals surface area contributed by atoms with Gasteiger partial charge in [0.25, 0.3) is 0 Å². The summed E-state index contributed by atoms with van der Waals surface area (Å²) in [7, 11) is 3.82. The zero-order chi connectivity index (χ0) is 22.4. The summed E-state index contributed by atoms with van der Waals surface area (Å²) in [5, 5.41) is 12.0. The molecule has 1 aliphatic rings. The van der Waals surface area contributed by atoms with Gasteiger partial charge in [0.2, 0.25) is 11.8 Å². The second-order valence-electron chi connectivity index (χ2n) is 7.97. The van der Waals surface area contributed by atoms with Crippen LogP contribution < -0.4 is 11.1 Å². The molecule has 0 bridgehead atoms. The summed E-state index contributed by atoms with van der Waals surface area (Å²) in [5.74, 6) is -2.56. The number of nitrogens with zero attached hydrogens (tertiary/aromatic N) is 2. The highest BCUT2D eigenvalue weighted by molar-refractivity contribution is 5.93. The lowest BCUT2D eigenvalue weighted by atomic mass is 9.94. The van der Waals surface area contributed by atoms with E-state index < -0.39 is 36.0 Å². The molecule has 4 N–H and O–H groups in total. The fourth-order valence-electron chi connectivity index (χ4n) is 3.56. The maximum Gasteiger partial charge on any atom is 0.337 e. The number of aromatic carboxylic acids is 1. The van der Waals surface area contributed by atoms with Crippen LogP contribution in [-0.2, 0) is 19.1 Å². The van der Waals surface area contributed by atoms with E-state index in [1.54, 1.807) is 6.92 Å². The number of primary amides is 1. The first kappa shape index (κ1) is 23.6. The molecule has 1 fully saturated rings. The molecular formula is C20H30N4O6. The van der Waals surface area contributed by atoms with E-state index >= 15 is 0 Å². The minimum Gasteiger partial charge on any atom is -0.478 e. The summed E-state index contributed by atoms with van der Waals surface area (Å²) in [4.78, 5) is 49.9. The van der Waals surface area contributed by atoms with Crippen molar-refractivity contribution < 1.29 is 29.0 Å². The van der Waals surface area contributed by atoms with Crippen molar-refractivity contribution in [2.24, 2.45) is 11.7 Å². The van der Waals surface area contributed by atoms with E-state index in [2.05, 4.69) is 5.32 Å². The Morgan fingerprint density at radius 2 is 2.10 bits per heavy atom. The van der Waals surface area contributed by atoms with Gasteiger partial charge in [-0.1, -0.05) is 6.92 Å². The van der Waals surface area contributed by atoms with Crippen molar-refractivity contribution in [3.05, 3.63) is 24.0 Å².